The minimum atomic E-state index is -4.89. The molecule has 2 N–H and O–H groups in total. The molecule has 41 heavy (non-hydrogen) atoms. The number of amides is 2. The van der Waals surface area contributed by atoms with Gasteiger partial charge in [0.25, 0.3) is 11.8 Å². The summed E-state index contributed by atoms with van der Waals surface area (Å²) in [5.74, 6) is -3.47. The van der Waals surface area contributed by atoms with E-state index in [1.54, 1.807) is 41.2 Å². The van der Waals surface area contributed by atoms with Crippen molar-refractivity contribution in [1.29, 1.82) is 0 Å². The molecule has 6 nitrogen and oxygen atoms in total. The molecule has 0 fully saturated rings. The second kappa shape index (κ2) is 9.70. The van der Waals surface area contributed by atoms with Crippen molar-refractivity contribution in [2.75, 3.05) is 5.32 Å². The number of anilines is 1. The number of rotatable bonds is 4. The van der Waals surface area contributed by atoms with E-state index in [9.17, 15) is 31.5 Å². The van der Waals surface area contributed by atoms with Gasteiger partial charge in [0.05, 0.1) is 17.1 Å². The van der Waals surface area contributed by atoms with Gasteiger partial charge in [-0.05, 0) is 77.9 Å². The standard InChI is InChI=1S/C29H16ClF5N4O2/c30-23-2-1-18(31)13-21(23)26-25-22(28(41)38-26)10-15(14-4-6-39-20(9-14)3-5-36-39)11-24(25)37-27(40)16-7-17(29(33,34)35)12-19(32)8-16/h1-13,26H,(H,37,40)(H,38,41). The van der Waals surface area contributed by atoms with Crippen LogP contribution in [-0.4, -0.2) is 21.4 Å². The summed E-state index contributed by atoms with van der Waals surface area (Å²) in [5, 5.41) is 9.56. The third-order valence-electron chi connectivity index (χ3n) is 6.73. The molecule has 2 amide bonds. The van der Waals surface area contributed by atoms with Crippen LogP contribution in [-0.2, 0) is 6.18 Å². The van der Waals surface area contributed by atoms with Gasteiger partial charge in [0.1, 0.15) is 11.6 Å². The molecule has 3 heterocycles. The minimum Gasteiger partial charge on any atom is -0.341 e. The predicted molar refractivity (Wildman–Crippen MR) is 141 cm³/mol. The zero-order chi connectivity index (χ0) is 29.1. The SMILES string of the molecule is O=C(Nc1cc(-c2ccn3nccc3c2)cc2c1C(c1cc(F)ccc1Cl)NC2=O)c1cc(F)cc(C(F)(F)F)c1. The number of fused-ring (bicyclic) bond motifs is 2. The molecular formula is C29H16ClF5N4O2. The fourth-order valence-corrected chi connectivity index (χ4v) is 5.08. The molecule has 12 heteroatoms. The number of carbonyl (C=O) groups excluding carboxylic acids is 2. The van der Waals surface area contributed by atoms with E-state index in [1.165, 1.54) is 12.1 Å². The molecule has 206 valence electrons. The van der Waals surface area contributed by atoms with Crippen LogP contribution in [0.1, 0.15) is 43.4 Å². The topological polar surface area (TPSA) is 75.5 Å². The average molecular weight is 583 g/mol. The maximum absolute atomic E-state index is 14.2. The first kappa shape index (κ1) is 26.5. The van der Waals surface area contributed by atoms with Crippen LogP contribution in [0.25, 0.3) is 16.6 Å². The molecule has 6 rings (SSSR count). The van der Waals surface area contributed by atoms with Crippen LogP contribution < -0.4 is 10.6 Å². The molecule has 2 aromatic heterocycles. The summed E-state index contributed by atoms with van der Waals surface area (Å²) in [6.07, 6.45) is -1.60. The van der Waals surface area contributed by atoms with Crippen LogP contribution in [0.3, 0.4) is 0 Å². The zero-order valence-corrected chi connectivity index (χ0v) is 21.3. The van der Waals surface area contributed by atoms with Crippen LogP contribution >= 0.6 is 11.6 Å². The van der Waals surface area contributed by atoms with E-state index in [2.05, 4.69) is 15.7 Å². The Hall–Kier alpha value is -4.77. The molecule has 0 saturated carbocycles. The Morgan fingerprint density at radius 1 is 0.951 bits per heavy atom. The van der Waals surface area contributed by atoms with Crippen molar-refractivity contribution in [3.63, 3.8) is 0 Å². The second-order valence-corrected chi connectivity index (χ2v) is 9.76. The molecule has 3 aromatic carbocycles. The van der Waals surface area contributed by atoms with Gasteiger partial charge in [0.15, 0.2) is 0 Å². The number of hydrogen-bond acceptors (Lipinski definition) is 3. The monoisotopic (exact) mass is 582 g/mol. The lowest BCUT2D eigenvalue weighted by Crippen LogP contribution is -2.21. The number of pyridine rings is 1. The first-order valence-electron chi connectivity index (χ1n) is 12.0. The minimum absolute atomic E-state index is 0.0392. The third kappa shape index (κ3) is 4.89. The molecule has 0 spiro atoms. The molecule has 5 aromatic rings. The summed E-state index contributed by atoms with van der Waals surface area (Å²) in [7, 11) is 0. The Bertz CT molecular complexity index is 1890. The highest BCUT2D eigenvalue weighted by atomic mass is 35.5. The Morgan fingerprint density at radius 2 is 1.76 bits per heavy atom. The highest BCUT2D eigenvalue weighted by molar-refractivity contribution is 6.31. The molecule has 1 atom stereocenters. The number of carbonyl (C=O) groups is 2. The van der Waals surface area contributed by atoms with Crippen LogP contribution in [0.15, 0.2) is 79.1 Å². The molecule has 1 aliphatic rings. The van der Waals surface area contributed by atoms with Gasteiger partial charge in [-0.2, -0.15) is 18.3 Å². The largest absolute Gasteiger partial charge is 0.416 e. The van der Waals surface area contributed by atoms with E-state index in [4.69, 9.17) is 11.6 Å². The van der Waals surface area contributed by atoms with Gasteiger partial charge in [-0.1, -0.05) is 11.6 Å². The molecular weight excluding hydrogens is 567 g/mol. The first-order valence-corrected chi connectivity index (χ1v) is 12.4. The third-order valence-corrected chi connectivity index (χ3v) is 7.07. The van der Waals surface area contributed by atoms with E-state index in [0.717, 1.165) is 17.6 Å². The van der Waals surface area contributed by atoms with Crippen molar-refractivity contribution >= 4 is 34.6 Å². The maximum atomic E-state index is 14.2. The Morgan fingerprint density at radius 3 is 2.54 bits per heavy atom. The smallest absolute Gasteiger partial charge is 0.341 e. The lowest BCUT2D eigenvalue weighted by molar-refractivity contribution is -0.137. The Balaban J connectivity index is 1.51. The van der Waals surface area contributed by atoms with Crippen molar-refractivity contribution in [1.82, 2.24) is 14.9 Å². The van der Waals surface area contributed by atoms with Crippen molar-refractivity contribution in [2.45, 2.75) is 12.2 Å². The van der Waals surface area contributed by atoms with E-state index in [1.807, 2.05) is 0 Å². The normalized spacial score (nSPS) is 14.7. The van der Waals surface area contributed by atoms with Crippen molar-refractivity contribution in [3.8, 4) is 11.1 Å². The van der Waals surface area contributed by atoms with E-state index < -0.39 is 46.8 Å². The Labute approximate surface area is 233 Å². The van der Waals surface area contributed by atoms with Gasteiger partial charge in [-0.15, -0.1) is 0 Å². The predicted octanol–water partition coefficient (Wildman–Crippen LogP) is 7.04. The lowest BCUT2D eigenvalue weighted by Gasteiger charge is -2.19. The summed E-state index contributed by atoms with van der Waals surface area (Å²) < 4.78 is 69.8. The van der Waals surface area contributed by atoms with Crippen molar-refractivity contribution < 1.29 is 31.5 Å². The quantitative estimate of drug-likeness (QED) is 0.223. The summed E-state index contributed by atoms with van der Waals surface area (Å²) in [6.45, 7) is 0. The lowest BCUT2D eigenvalue weighted by atomic mass is 9.92. The van der Waals surface area contributed by atoms with Gasteiger partial charge < -0.3 is 10.6 Å². The summed E-state index contributed by atoms with van der Waals surface area (Å²) >= 11 is 6.33. The van der Waals surface area contributed by atoms with Crippen molar-refractivity contribution in [2.24, 2.45) is 0 Å². The van der Waals surface area contributed by atoms with Gasteiger partial charge in [0, 0.05) is 45.4 Å². The summed E-state index contributed by atoms with van der Waals surface area (Å²) in [5.41, 5.74) is 0.531. The van der Waals surface area contributed by atoms with Crippen LogP contribution in [0.2, 0.25) is 5.02 Å². The number of hydrogen-bond donors (Lipinski definition) is 2. The number of nitrogens with zero attached hydrogens (tertiary/aromatic N) is 2. The number of halogens is 6. The molecule has 1 unspecified atom stereocenters. The van der Waals surface area contributed by atoms with Crippen molar-refractivity contribution in [3.05, 3.63) is 124 Å². The zero-order valence-electron chi connectivity index (χ0n) is 20.6. The fourth-order valence-electron chi connectivity index (χ4n) is 4.85. The molecule has 0 bridgehead atoms. The molecule has 0 aliphatic carbocycles. The molecule has 0 saturated heterocycles. The van der Waals surface area contributed by atoms with Crippen LogP contribution in [0, 0.1) is 11.6 Å². The Kier molecular flexibility index (Phi) is 6.26. The highest BCUT2D eigenvalue weighted by Gasteiger charge is 2.36. The van der Waals surface area contributed by atoms with Gasteiger partial charge in [-0.3, -0.25) is 9.59 Å². The highest BCUT2D eigenvalue weighted by Crippen LogP contribution is 2.42. The van der Waals surface area contributed by atoms with Gasteiger partial charge >= 0.3 is 6.18 Å². The number of aromatic nitrogens is 2. The molecule has 1 aliphatic heterocycles. The second-order valence-electron chi connectivity index (χ2n) is 9.35. The van der Waals surface area contributed by atoms with E-state index in [0.29, 0.717) is 23.3 Å². The number of nitrogens with one attached hydrogen (secondary N) is 2. The summed E-state index contributed by atoms with van der Waals surface area (Å²) in [4.78, 5) is 26.4. The molecule has 0 radical (unpaired) electrons. The average Bonchev–Trinajstić information content (AvgIpc) is 3.53. The number of benzene rings is 3. The number of alkyl halides is 3. The van der Waals surface area contributed by atoms with Crippen LogP contribution in [0.5, 0.6) is 0 Å². The fraction of sp³-hybridized carbons (Fsp3) is 0.0690. The summed E-state index contributed by atoms with van der Waals surface area (Å²) in [6, 6.07) is 12.5. The van der Waals surface area contributed by atoms with E-state index >= 15 is 0 Å². The van der Waals surface area contributed by atoms with E-state index in [-0.39, 0.29) is 33.5 Å². The first-order chi connectivity index (χ1) is 19.5. The van der Waals surface area contributed by atoms with Gasteiger partial charge in [-0.25, -0.2) is 13.3 Å². The maximum Gasteiger partial charge on any atom is 0.416 e. The van der Waals surface area contributed by atoms with Crippen LogP contribution in [0.4, 0.5) is 27.6 Å². The van der Waals surface area contributed by atoms with Gasteiger partial charge in [0.2, 0.25) is 0 Å².